The molecule has 2 heterocycles. The highest BCUT2D eigenvalue weighted by Crippen LogP contribution is 2.32. The van der Waals surface area contributed by atoms with Gasteiger partial charge in [-0.2, -0.15) is 0 Å². The van der Waals surface area contributed by atoms with E-state index in [9.17, 15) is 22.8 Å². The van der Waals surface area contributed by atoms with Crippen LogP contribution in [-0.2, 0) is 19.4 Å². The highest BCUT2D eigenvalue weighted by atomic mass is 32.2. The van der Waals surface area contributed by atoms with E-state index in [1.807, 2.05) is 19.0 Å². The fourth-order valence-corrected chi connectivity index (χ4v) is 5.37. The molecule has 0 aliphatic carbocycles. The SMILES string of the molecule is CN(C)CCN(C(=O)c1cccc(N2C(=O)CCC2=O)c1)c1nc2ccc(S(C)(=O)=O)cc2s1. The van der Waals surface area contributed by atoms with Gasteiger partial charge in [0.2, 0.25) is 11.8 Å². The lowest BCUT2D eigenvalue weighted by atomic mass is 10.1. The van der Waals surface area contributed by atoms with Gasteiger partial charge in [-0.15, -0.1) is 0 Å². The van der Waals surface area contributed by atoms with E-state index in [4.69, 9.17) is 0 Å². The summed E-state index contributed by atoms with van der Waals surface area (Å²) in [5.74, 6) is -0.899. The monoisotopic (exact) mass is 500 g/mol. The summed E-state index contributed by atoms with van der Waals surface area (Å²) in [6, 6.07) is 11.1. The van der Waals surface area contributed by atoms with Crippen LogP contribution in [0.3, 0.4) is 0 Å². The van der Waals surface area contributed by atoms with Crippen molar-refractivity contribution in [3.8, 4) is 0 Å². The summed E-state index contributed by atoms with van der Waals surface area (Å²) in [6.07, 6.45) is 1.46. The number of aromatic nitrogens is 1. The molecule has 11 heteroatoms. The summed E-state index contributed by atoms with van der Waals surface area (Å²) in [7, 11) is 0.411. The van der Waals surface area contributed by atoms with E-state index in [0.717, 1.165) is 11.2 Å². The number of rotatable bonds is 7. The van der Waals surface area contributed by atoms with Crippen LogP contribution in [0.1, 0.15) is 23.2 Å². The minimum atomic E-state index is -3.38. The van der Waals surface area contributed by atoms with Gasteiger partial charge >= 0.3 is 0 Å². The first-order chi connectivity index (χ1) is 16.0. The standard InChI is InChI=1S/C23H24N4O5S2/c1-25(2)11-12-26(23-24-18-8-7-17(34(3,31)32)14-19(18)33-23)22(30)15-5-4-6-16(13-15)27-20(28)9-10-21(27)29/h4-8,13-14H,9-12H2,1-3H3. The molecule has 0 saturated carbocycles. The fraction of sp³-hybridized carbons (Fsp3) is 0.304. The molecule has 0 radical (unpaired) electrons. The van der Waals surface area contributed by atoms with Gasteiger partial charge in [-0.25, -0.2) is 13.4 Å². The zero-order valence-corrected chi connectivity index (χ0v) is 20.6. The quantitative estimate of drug-likeness (QED) is 0.459. The van der Waals surface area contributed by atoms with Crippen molar-refractivity contribution in [2.45, 2.75) is 17.7 Å². The Bertz CT molecular complexity index is 1380. The van der Waals surface area contributed by atoms with Crippen molar-refractivity contribution in [2.75, 3.05) is 43.2 Å². The molecule has 0 atom stereocenters. The van der Waals surface area contributed by atoms with Gasteiger partial charge in [0.05, 0.1) is 20.8 Å². The summed E-state index contributed by atoms with van der Waals surface area (Å²) in [6.45, 7) is 0.912. The Morgan fingerprint density at radius 2 is 1.76 bits per heavy atom. The van der Waals surface area contributed by atoms with E-state index < -0.39 is 9.84 Å². The Hall–Kier alpha value is -3.15. The molecule has 1 aliphatic heterocycles. The molecule has 34 heavy (non-hydrogen) atoms. The highest BCUT2D eigenvalue weighted by Gasteiger charge is 2.31. The maximum atomic E-state index is 13.6. The van der Waals surface area contributed by atoms with Crippen molar-refractivity contribution >= 4 is 59.9 Å². The number of benzene rings is 2. The lowest BCUT2D eigenvalue weighted by Gasteiger charge is -2.22. The van der Waals surface area contributed by atoms with Crippen LogP contribution in [-0.4, -0.2) is 69.5 Å². The number of hydrogen-bond acceptors (Lipinski definition) is 8. The number of hydrogen-bond donors (Lipinski definition) is 0. The summed E-state index contributed by atoms with van der Waals surface area (Å²) >= 11 is 1.23. The molecular formula is C23H24N4O5S2. The van der Waals surface area contributed by atoms with Gasteiger partial charge < -0.3 is 4.90 Å². The fourth-order valence-electron chi connectivity index (χ4n) is 3.62. The molecule has 9 nitrogen and oxygen atoms in total. The van der Waals surface area contributed by atoms with Gasteiger partial charge in [-0.3, -0.25) is 24.2 Å². The summed E-state index contributed by atoms with van der Waals surface area (Å²) in [5, 5.41) is 0.436. The molecule has 1 aliphatic rings. The molecular weight excluding hydrogens is 476 g/mol. The minimum Gasteiger partial charge on any atom is -0.308 e. The van der Waals surface area contributed by atoms with E-state index in [-0.39, 0.29) is 35.5 Å². The van der Waals surface area contributed by atoms with Gasteiger partial charge in [-0.1, -0.05) is 17.4 Å². The minimum absolute atomic E-state index is 0.160. The number of amides is 3. The highest BCUT2D eigenvalue weighted by molar-refractivity contribution is 7.90. The number of likely N-dealkylation sites (N-methyl/N-ethyl adjacent to an activating group) is 1. The normalized spacial score (nSPS) is 14.4. The summed E-state index contributed by atoms with van der Waals surface area (Å²) in [4.78, 5) is 47.2. The second kappa shape index (κ2) is 9.24. The van der Waals surface area contributed by atoms with Gasteiger partial charge in [0, 0.05) is 37.8 Å². The first-order valence-corrected chi connectivity index (χ1v) is 13.3. The zero-order chi connectivity index (χ0) is 24.6. The van der Waals surface area contributed by atoms with E-state index in [1.54, 1.807) is 36.4 Å². The van der Waals surface area contributed by atoms with Crippen LogP contribution in [0.4, 0.5) is 10.8 Å². The van der Waals surface area contributed by atoms with E-state index >= 15 is 0 Å². The molecule has 0 unspecified atom stereocenters. The van der Waals surface area contributed by atoms with Crippen LogP contribution in [0.25, 0.3) is 10.2 Å². The van der Waals surface area contributed by atoms with E-state index in [1.165, 1.54) is 22.3 Å². The molecule has 1 fully saturated rings. The Balaban J connectivity index is 1.72. The van der Waals surface area contributed by atoms with Gasteiger partial charge in [-0.05, 0) is 50.5 Å². The smallest absolute Gasteiger partial charge is 0.260 e. The molecule has 0 bridgehead atoms. The van der Waals surface area contributed by atoms with Crippen LogP contribution < -0.4 is 9.80 Å². The first kappa shape index (κ1) is 24.0. The predicted molar refractivity (Wildman–Crippen MR) is 131 cm³/mol. The van der Waals surface area contributed by atoms with Crippen molar-refractivity contribution in [1.29, 1.82) is 0 Å². The van der Waals surface area contributed by atoms with Crippen LogP contribution >= 0.6 is 11.3 Å². The maximum Gasteiger partial charge on any atom is 0.260 e. The molecule has 3 aromatic rings. The average Bonchev–Trinajstić information content (AvgIpc) is 3.35. The molecule has 178 valence electrons. The molecule has 0 spiro atoms. The lowest BCUT2D eigenvalue weighted by molar-refractivity contribution is -0.121. The van der Waals surface area contributed by atoms with Crippen molar-refractivity contribution in [3.63, 3.8) is 0 Å². The number of carbonyl (C=O) groups excluding carboxylic acids is 3. The van der Waals surface area contributed by atoms with Crippen molar-refractivity contribution < 1.29 is 22.8 Å². The molecule has 1 saturated heterocycles. The third kappa shape index (κ3) is 4.86. The number of carbonyl (C=O) groups is 3. The van der Waals surface area contributed by atoms with E-state index in [0.29, 0.717) is 39.7 Å². The third-order valence-corrected chi connectivity index (χ3v) is 7.58. The molecule has 2 aromatic carbocycles. The number of imide groups is 1. The van der Waals surface area contributed by atoms with Crippen LogP contribution in [0.2, 0.25) is 0 Å². The topological polar surface area (TPSA) is 108 Å². The first-order valence-electron chi connectivity index (χ1n) is 10.6. The Morgan fingerprint density at radius 1 is 1.06 bits per heavy atom. The number of anilines is 2. The Morgan fingerprint density at radius 3 is 2.41 bits per heavy atom. The number of nitrogens with zero attached hydrogens (tertiary/aromatic N) is 4. The summed E-state index contributed by atoms with van der Waals surface area (Å²) < 4.78 is 24.5. The number of thiazole rings is 1. The van der Waals surface area contributed by atoms with Crippen LogP contribution in [0.5, 0.6) is 0 Å². The summed E-state index contributed by atoms with van der Waals surface area (Å²) in [5.41, 5.74) is 1.28. The molecule has 3 amide bonds. The molecule has 4 rings (SSSR count). The largest absolute Gasteiger partial charge is 0.308 e. The lowest BCUT2D eigenvalue weighted by Crippen LogP contribution is -2.37. The zero-order valence-electron chi connectivity index (χ0n) is 19.0. The second-order valence-electron chi connectivity index (χ2n) is 8.33. The second-order valence-corrected chi connectivity index (χ2v) is 11.4. The molecule has 1 aromatic heterocycles. The maximum absolute atomic E-state index is 13.6. The van der Waals surface area contributed by atoms with Crippen LogP contribution in [0.15, 0.2) is 47.4 Å². The van der Waals surface area contributed by atoms with Crippen molar-refractivity contribution in [3.05, 3.63) is 48.0 Å². The van der Waals surface area contributed by atoms with E-state index in [2.05, 4.69) is 4.98 Å². The number of sulfone groups is 1. The van der Waals surface area contributed by atoms with Crippen molar-refractivity contribution in [1.82, 2.24) is 9.88 Å². The number of fused-ring (bicyclic) bond motifs is 1. The molecule has 0 N–H and O–H groups in total. The average molecular weight is 501 g/mol. The van der Waals surface area contributed by atoms with Crippen LogP contribution in [0, 0.1) is 0 Å². The predicted octanol–water partition coefficient (Wildman–Crippen LogP) is 2.56. The third-order valence-electron chi connectivity index (χ3n) is 5.43. The van der Waals surface area contributed by atoms with Gasteiger partial charge in [0.25, 0.3) is 5.91 Å². The van der Waals surface area contributed by atoms with Gasteiger partial charge in [0.1, 0.15) is 0 Å². The van der Waals surface area contributed by atoms with Crippen molar-refractivity contribution in [2.24, 2.45) is 0 Å². The Labute approximate surface area is 201 Å². The Kier molecular flexibility index (Phi) is 6.52. The van der Waals surface area contributed by atoms with Gasteiger partial charge in [0.15, 0.2) is 15.0 Å².